The summed E-state index contributed by atoms with van der Waals surface area (Å²) in [5.74, 6) is 0. The zero-order chi connectivity index (χ0) is 13.8. The van der Waals surface area contributed by atoms with Crippen LogP contribution in [0.5, 0.6) is 0 Å². The van der Waals surface area contributed by atoms with Crippen LogP contribution in [0.3, 0.4) is 0 Å². The minimum Gasteiger partial charge on any atom is -0.328 e. The van der Waals surface area contributed by atoms with Crippen LogP contribution in [0.15, 0.2) is 24.3 Å². The van der Waals surface area contributed by atoms with Crippen LogP contribution in [-0.2, 0) is 0 Å². The van der Waals surface area contributed by atoms with E-state index in [0.717, 1.165) is 24.3 Å². The lowest BCUT2D eigenvalue weighted by molar-refractivity contribution is 0.128. The molecule has 1 aromatic rings. The van der Waals surface area contributed by atoms with Crippen molar-refractivity contribution in [2.45, 2.75) is 57.2 Å². The molecule has 1 aromatic carbocycles. The summed E-state index contributed by atoms with van der Waals surface area (Å²) in [6, 6.07) is 9.86. The number of hydrogen-bond acceptors (Lipinski definition) is 2. The molecule has 0 heterocycles. The Morgan fingerprint density at radius 1 is 1.21 bits per heavy atom. The molecule has 106 valence electrons. The number of nitrogens with two attached hydrogens (primary N) is 1. The second-order valence-corrected chi connectivity index (χ2v) is 6.15. The van der Waals surface area contributed by atoms with Crippen LogP contribution >= 0.6 is 11.6 Å². The molecule has 19 heavy (non-hydrogen) atoms. The average Bonchev–Trinajstić information content (AvgIpc) is 2.42. The van der Waals surface area contributed by atoms with E-state index < -0.39 is 0 Å². The van der Waals surface area contributed by atoms with E-state index >= 15 is 0 Å². The highest BCUT2D eigenvalue weighted by atomic mass is 35.5. The van der Waals surface area contributed by atoms with Gasteiger partial charge < -0.3 is 5.73 Å². The fourth-order valence-corrected chi connectivity index (χ4v) is 3.33. The standard InChI is InChI=1S/C16H25ClN2/c1-3-16(12-4-6-13(17)7-5-12)19(2)15-10-8-14(18)9-11-15/h4-7,14-16H,3,8-11,18H2,1-2H3. The zero-order valence-corrected chi connectivity index (χ0v) is 12.7. The Balaban J connectivity index is 2.06. The van der Waals surface area contributed by atoms with Gasteiger partial charge in [0.05, 0.1) is 0 Å². The van der Waals surface area contributed by atoms with Crippen molar-refractivity contribution < 1.29 is 0 Å². The molecule has 0 aromatic heterocycles. The summed E-state index contributed by atoms with van der Waals surface area (Å²) in [5.41, 5.74) is 7.37. The lowest BCUT2D eigenvalue weighted by atomic mass is 9.89. The first-order valence-electron chi connectivity index (χ1n) is 7.34. The summed E-state index contributed by atoms with van der Waals surface area (Å²) >= 11 is 5.98. The van der Waals surface area contributed by atoms with E-state index in [1.165, 1.54) is 18.4 Å². The molecule has 0 spiro atoms. The lowest BCUT2D eigenvalue weighted by Gasteiger charge is -2.38. The number of hydrogen-bond donors (Lipinski definition) is 1. The van der Waals surface area contributed by atoms with Gasteiger partial charge in [0.1, 0.15) is 0 Å². The predicted octanol–water partition coefficient (Wildman–Crippen LogP) is 3.99. The van der Waals surface area contributed by atoms with Crippen LogP contribution in [0, 0.1) is 0 Å². The van der Waals surface area contributed by atoms with E-state index in [1.54, 1.807) is 0 Å². The van der Waals surface area contributed by atoms with Gasteiger partial charge >= 0.3 is 0 Å². The van der Waals surface area contributed by atoms with Crippen LogP contribution in [0.4, 0.5) is 0 Å². The molecule has 2 N–H and O–H groups in total. The summed E-state index contributed by atoms with van der Waals surface area (Å²) in [7, 11) is 2.25. The molecule has 2 rings (SSSR count). The van der Waals surface area contributed by atoms with Crippen molar-refractivity contribution in [3.05, 3.63) is 34.9 Å². The summed E-state index contributed by atoms with van der Waals surface area (Å²) in [6.45, 7) is 2.25. The number of nitrogens with zero attached hydrogens (tertiary/aromatic N) is 1. The number of benzene rings is 1. The van der Waals surface area contributed by atoms with E-state index in [0.29, 0.717) is 18.1 Å². The molecule has 1 saturated carbocycles. The van der Waals surface area contributed by atoms with Gasteiger partial charge in [-0.2, -0.15) is 0 Å². The lowest BCUT2D eigenvalue weighted by Crippen LogP contribution is -2.40. The second-order valence-electron chi connectivity index (χ2n) is 5.71. The van der Waals surface area contributed by atoms with E-state index in [1.807, 2.05) is 12.1 Å². The Morgan fingerprint density at radius 3 is 2.32 bits per heavy atom. The highest BCUT2D eigenvalue weighted by Gasteiger charge is 2.26. The Labute approximate surface area is 121 Å². The third-order valence-corrected chi connectivity index (χ3v) is 4.70. The molecule has 0 radical (unpaired) electrons. The maximum Gasteiger partial charge on any atom is 0.0406 e. The summed E-state index contributed by atoms with van der Waals surface area (Å²) < 4.78 is 0. The third kappa shape index (κ3) is 3.71. The second kappa shape index (κ2) is 6.74. The van der Waals surface area contributed by atoms with Crippen molar-refractivity contribution in [2.24, 2.45) is 5.73 Å². The van der Waals surface area contributed by atoms with Gasteiger partial charge in [0, 0.05) is 23.1 Å². The van der Waals surface area contributed by atoms with Crippen LogP contribution in [0.2, 0.25) is 5.02 Å². The third-order valence-electron chi connectivity index (χ3n) is 4.45. The smallest absolute Gasteiger partial charge is 0.0406 e. The Hall–Kier alpha value is -0.570. The highest BCUT2D eigenvalue weighted by molar-refractivity contribution is 6.30. The maximum atomic E-state index is 6.00. The topological polar surface area (TPSA) is 29.3 Å². The predicted molar refractivity (Wildman–Crippen MR) is 82.5 cm³/mol. The van der Waals surface area contributed by atoms with Crippen molar-refractivity contribution in [3.63, 3.8) is 0 Å². The number of halogens is 1. The van der Waals surface area contributed by atoms with Crippen LogP contribution in [0.1, 0.15) is 50.6 Å². The molecule has 3 heteroatoms. The molecule has 0 aliphatic heterocycles. The molecular weight excluding hydrogens is 256 g/mol. The Kier molecular flexibility index (Phi) is 5.26. The van der Waals surface area contributed by atoms with Gasteiger partial charge in [0.15, 0.2) is 0 Å². The molecule has 1 atom stereocenters. The fraction of sp³-hybridized carbons (Fsp3) is 0.625. The molecule has 1 fully saturated rings. The quantitative estimate of drug-likeness (QED) is 0.903. The summed E-state index contributed by atoms with van der Waals surface area (Å²) in [4.78, 5) is 2.54. The SMILES string of the molecule is CCC(c1ccc(Cl)cc1)N(C)C1CCC(N)CC1. The van der Waals surface area contributed by atoms with Crippen molar-refractivity contribution in [1.82, 2.24) is 4.90 Å². The first-order valence-corrected chi connectivity index (χ1v) is 7.72. The van der Waals surface area contributed by atoms with E-state index in [4.69, 9.17) is 17.3 Å². The average molecular weight is 281 g/mol. The molecule has 1 unspecified atom stereocenters. The van der Waals surface area contributed by atoms with Gasteiger partial charge in [-0.05, 0) is 56.8 Å². The Bertz CT molecular complexity index is 382. The Morgan fingerprint density at radius 2 is 1.79 bits per heavy atom. The molecule has 0 amide bonds. The first-order chi connectivity index (χ1) is 9.11. The summed E-state index contributed by atoms with van der Waals surface area (Å²) in [5, 5.41) is 0.810. The molecular formula is C16H25ClN2. The van der Waals surface area contributed by atoms with Crippen LogP contribution in [-0.4, -0.2) is 24.0 Å². The molecule has 0 bridgehead atoms. The van der Waals surface area contributed by atoms with E-state index in [2.05, 4.69) is 31.0 Å². The minimum absolute atomic E-state index is 0.417. The van der Waals surface area contributed by atoms with E-state index in [9.17, 15) is 0 Å². The van der Waals surface area contributed by atoms with Crippen molar-refractivity contribution >= 4 is 11.6 Å². The van der Waals surface area contributed by atoms with Crippen molar-refractivity contribution in [3.8, 4) is 0 Å². The first kappa shape index (κ1) is 14.8. The minimum atomic E-state index is 0.417. The largest absolute Gasteiger partial charge is 0.328 e. The normalized spacial score (nSPS) is 25.5. The van der Waals surface area contributed by atoms with Crippen molar-refractivity contribution in [2.75, 3.05) is 7.05 Å². The van der Waals surface area contributed by atoms with Gasteiger partial charge in [0.25, 0.3) is 0 Å². The van der Waals surface area contributed by atoms with E-state index in [-0.39, 0.29) is 0 Å². The van der Waals surface area contributed by atoms with Gasteiger partial charge in [-0.25, -0.2) is 0 Å². The van der Waals surface area contributed by atoms with Gasteiger partial charge in [-0.3, -0.25) is 4.90 Å². The monoisotopic (exact) mass is 280 g/mol. The van der Waals surface area contributed by atoms with Crippen molar-refractivity contribution in [1.29, 1.82) is 0 Å². The van der Waals surface area contributed by atoms with Crippen LogP contribution in [0.25, 0.3) is 0 Å². The van der Waals surface area contributed by atoms with Gasteiger partial charge in [-0.1, -0.05) is 30.7 Å². The molecule has 0 saturated heterocycles. The molecule has 1 aliphatic carbocycles. The van der Waals surface area contributed by atoms with Crippen LogP contribution < -0.4 is 5.73 Å². The number of rotatable bonds is 4. The van der Waals surface area contributed by atoms with Gasteiger partial charge in [-0.15, -0.1) is 0 Å². The molecule has 1 aliphatic rings. The zero-order valence-electron chi connectivity index (χ0n) is 12.0. The van der Waals surface area contributed by atoms with Gasteiger partial charge in [0.2, 0.25) is 0 Å². The summed E-state index contributed by atoms with van der Waals surface area (Å²) in [6.07, 6.45) is 5.89. The fourth-order valence-electron chi connectivity index (χ4n) is 3.21. The highest BCUT2D eigenvalue weighted by Crippen LogP contribution is 2.31. The maximum absolute atomic E-state index is 6.00. The molecule has 2 nitrogen and oxygen atoms in total.